The SMILES string of the molecule is CCCCCCCCCCCN(C(=O)CCCCCCCCCC(=O)O)[C@H](CCC(=O)NCCOCCOCCOCCOCCOCCOCCOCCOCCOCCOCCOCCOCCC(=O)Oc1c(F)c(F)c(F)c(F)c1F)C(=O)O. The third kappa shape index (κ3) is 46.5. The Morgan fingerprint density at radius 2 is 0.713 bits per heavy atom. The summed E-state index contributed by atoms with van der Waals surface area (Å²) in [6, 6.07) is -1.09. The Labute approximate surface area is 510 Å². The molecule has 0 heterocycles. The van der Waals surface area contributed by atoms with Gasteiger partial charge in [0.15, 0.2) is 0 Å². The molecule has 1 rings (SSSR count). The Balaban J connectivity index is 1.92. The monoisotopic (exact) mass is 1260 g/mol. The van der Waals surface area contributed by atoms with Gasteiger partial charge in [0, 0.05) is 32.4 Å². The highest BCUT2D eigenvalue weighted by Gasteiger charge is 2.30. The number of nitrogens with zero attached hydrogens (tertiary/aromatic N) is 1. The van der Waals surface area contributed by atoms with E-state index in [0.29, 0.717) is 145 Å². The summed E-state index contributed by atoms with van der Waals surface area (Å²) in [4.78, 5) is 62.5. The van der Waals surface area contributed by atoms with Crippen LogP contribution >= 0.6 is 0 Å². The van der Waals surface area contributed by atoms with Gasteiger partial charge in [-0.25, -0.2) is 18.0 Å². The number of aliphatic carboxylic acids is 2. The average molecular weight is 1270 g/mol. The van der Waals surface area contributed by atoms with Crippen LogP contribution in [0.4, 0.5) is 22.0 Å². The van der Waals surface area contributed by atoms with E-state index < -0.39 is 65.2 Å². The van der Waals surface area contributed by atoms with Crippen molar-refractivity contribution in [1.82, 2.24) is 10.2 Å². The molecule has 0 saturated heterocycles. The highest BCUT2D eigenvalue weighted by molar-refractivity contribution is 5.84. The van der Waals surface area contributed by atoms with Gasteiger partial charge in [-0.2, -0.15) is 8.78 Å². The number of esters is 1. The topological polar surface area (TPSA) is 261 Å². The van der Waals surface area contributed by atoms with Gasteiger partial charge in [-0.3, -0.25) is 19.2 Å². The molecule has 3 N–H and O–H groups in total. The molecule has 2 amide bonds. The molecule has 87 heavy (non-hydrogen) atoms. The van der Waals surface area contributed by atoms with Crippen molar-refractivity contribution in [2.75, 3.05) is 172 Å². The highest BCUT2D eigenvalue weighted by Crippen LogP contribution is 2.29. The summed E-state index contributed by atoms with van der Waals surface area (Å²) in [6.07, 6.45) is 15.7. The molecular formula is C60H101F5N2O20. The molecular weight excluding hydrogens is 1160 g/mol. The standard InChI is InChI=1S/C60H101F5N2O20/c1-2-3-4-5-6-7-11-14-17-24-67(51(69)18-15-12-9-8-10-13-16-19-52(70)71)49(60(73)74)20-21-50(68)66-23-26-76-28-30-78-32-34-80-36-38-82-40-42-84-44-46-86-48-47-85-45-43-83-41-39-81-37-35-79-33-31-77-29-27-75-25-22-53(72)87-59-57(64)55(62)54(61)56(63)58(59)65/h49H,2-48H2,1H3,(H,66,68)(H,70,71)(H,73,74)/t49-/m1/s1. The van der Waals surface area contributed by atoms with E-state index >= 15 is 0 Å². The maximum atomic E-state index is 13.6. The molecule has 0 unspecified atom stereocenters. The Kier molecular flexibility index (Phi) is 54.0. The number of carboxylic acid groups (broad SMARTS) is 2. The number of ether oxygens (including phenoxy) is 13. The molecule has 1 aromatic carbocycles. The van der Waals surface area contributed by atoms with Crippen molar-refractivity contribution in [1.29, 1.82) is 0 Å². The third-order valence-electron chi connectivity index (χ3n) is 12.9. The normalized spacial score (nSPS) is 11.8. The van der Waals surface area contributed by atoms with Crippen molar-refractivity contribution >= 4 is 29.7 Å². The van der Waals surface area contributed by atoms with Crippen molar-refractivity contribution in [2.45, 2.75) is 148 Å². The number of unbranched alkanes of at least 4 members (excludes halogenated alkanes) is 14. The van der Waals surface area contributed by atoms with Gasteiger partial charge in [0.25, 0.3) is 0 Å². The number of hydrogen-bond donors (Lipinski definition) is 3. The van der Waals surface area contributed by atoms with E-state index in [0.717, 1.165) is 51.4 Å². The molecule has 0 aromatic heterocycles. The predicted molar refractivity (Wildman–Crippen MR) is 308 cm³/mol. The summed E-state index contributed by atoms with van der Waals surface area (Å²) < 4.78 is 136. The molecule has 1 atom stereocenters. The fraction of sp³-hybridized carbons (Fsp3) is 0.817. The molecule has 0 aliphatic carbocycles. The Morgan fingerprint density at radius 1 is 0.391 bits per heavy atom. The van der Waals surface area contributed by atoms with Crippen molar-refractivity contribution in [2.24, 2.45) is 0 Å². The second kappa shape index (κ2) is 58.1. The lowest BCUT2D eigenvalue weighted by Crippen LogP contribution is -2.46. The number of rotatable bonds is 65. The van der Waals surface area contributed by atoms with Gasteiger partial charge < -0.3 is 82.0 Å². The summed E-state index contributed by atoms with van der Waals surface area (Å²) in [5, 5.41) is 21.8. The molecule has 0 fully saturated rings. The van der Waals surface area contributed by atoms with Crippen LogP contribution in [0.3, 0.4) is 0 Å². The van der Waals surface area contributed by atoms with Crippen LogP contribution in [0.5, 0.6) is 5.75 Å². The predicted octanol–water partition coefficient (Wildman–Crippen LogP) is 8.18. The third-order valence-corrected chi connectivity index (χ3v) is 12.9. The van der Waals surface area contributed by atoms with Crippen LogP contribution in [0.25, 0.3) is 0 Å². The zero-order valence-electron chi connectivity index (χ0n) is 51.4. The highest BCUT2D eigenvalue weighted by atomic mass is 19.2. The first-order valence-electron chi connectivity index (χ1n) is 31.0. The van der Waals surface area contributed by atoms with Crippen molar-refractivity contribution < 1.29 is 118 Å². The van der Waals surface area contributed by atoms with Crippen molar-refractivity contribution in [3.05, 3.63) is 29.1 Å². The quantitative estimate of drug-likeness (QED) is 0.0139. The number of carbonyl (C=O) groups is 5. The maximum Gasteiger partial charge on any atom is 0.326 e. The first-order valence-corrected chi connectivity index (χ1v) is 31.0. The summed E-state index contributed by atoms with van der Waals surface area (Å²) in [5.41, 5.74) is 0. The number of halogens is 5. The lowest BCUT2D eigenvalue weighted by molar-refractivity contribution is -0.151. The first kappa shape index (κ1) is 80.8. The first-order chi connectivity index (χ1) is 42.3. The van der Waals surface area contributed by atoms with Gasteiger partial charge >= 0.3 is 17.9 Å². The van der Waals surface area contributed by atoms with Crippen LogP contribution < -0.4 is 10.1 Å². The van der Waals surface area contributed by atoms with Crippen LogP contribution in [-0.4, -0.2) is 223 Å². The van der Waals surface area contributed by atoms with Crippen LogP contribution in [0.15, 0.2) is 0 Å². The smallest absolute Gasteiger partial charge is 0.326 e. The van der Waals surface area contributed by atoms with E-state index in [2.05, 4.69) is 17.0 Å². The Morgan fingerprint density at radius 3 is 1.08 bits per heavy atom. The van der Waals surface area contributed by atoms with Gasteiger partial charge in [-0.1, -0.05) is 90.4 Å². The molecule has 0 radical (unpaired) electrons. The number of carboxylic acids is 2. The number of benzene rings is 1. The van der Waals surface area contributed by atoms with Gasteiger partial charge in [0.1, 0.15) is 6.04 Å². The second-order valence-corrected chi connectivity index (χ2v) is 20.0. The van der Waals surface area contributed by atoms with Gasteiger partial charge in [0.05, 0.1) is 165 Å². The summed E-state index contributed by atoms with van der Waals surface area (Å²) >= 11 is 0. The van der Waals surface area contributed by atoms with E-state index in [1.165, 1.54) is 37.0 Å². The summed E-state index contributed by atoms with van der Waals surface area (Å²) in [7, 11) is 0. The molecule has 27 heteroatoms. The lowest BCUT2D eigenvalue weighted by atomic mass is 10.0. The minimum absolute atomic E-state index is 0.0185. The fourth-order valence-corrected chi connectivity index (χ4v) is 8.17. The van der Waals surface area contributed by atoms with Crippen LogP contribution in [0.2, 0.25) is 0 Å². The minimum atomic E-state index is -2.36. The second-order valence-electron chi connectivity index (χ2n) is 20.0. The molecule has 1 aromatic rings. The maximum absolute atomic E-state index is 13.6. The lowest BCUT2D eigenvalue weighted by Gasteiger charge is -2.29. The zero-order chi connectivity index (χ0) is 63.6. The Bertz CT molecular complexity index is 1870. The molecule has 0 aliphatic heterocycles. The average Bonchev–Trinajstić information content (AvgIpc) is 3.07. The molecule has 0 saturated carbocycles. The van der Waals surface area contributed by atoms with Crippen LogP contribution in [0.1, 0.15) is 142 Å². The summed E-state index contributed by atoms with van der Waals surface area (Å²) in [5.74, 6) is -16.6. The number of hydrogen-bond acceptors (Lipinski definition) is 18. The fourth-order valence-electron chi connectivity index (χ4n) is 8.17. The van der Waals surface area contributed by atoms with Crippen LogP contribution in [0, 0.1) is 29.1 Å². The van der Waals surface area contributed by atoms with E-state index in [-0.39, 0.29) is 83.7 Å². The van der Waals surface area contributed by atoms with Gasteiger partial charge in [-0.15, -0.1) is 0 Å². The van der Waals surface area contributed by atoms with Gasteiger partial charge in [-0.05, 0) is 25.7 Å². The largest absolute Gasteiger partial charge is 0.481 e. The van der Waals surface area contributed by atoms with E-state index in [4.69, 9.17) is 61.9 Å². The molecule has 0 spiro atoms. The van der Waals surface area contributed by atoms with Crippen LogP contribution in [-0.2, 0) is 80.8 Å². The molecule has 22 nitrogen and oxygen atoms in total. The summed E-state index contributed by atoms with van der Waals surface area (Å²) in [6.45, 7) is 10.5. The number of amides is 2. The van der Waals surface area contributed by atoms with Crippen molar-refractivity contribution in [3.63, 3.8) is 0 Å². The number of nitrogens with one attached hydrogen (secondary N) is 1. The van der Waals surface area contributed by atoms with Crippen molar-refractivity contribution in [3.8, 4) is 5.75 Å². The van der Waals surface area contributed by atoms with E-state index in [1.54, 1.807) is 0 Å². The van der Waals surface area contributed by atoms with E-state index in [9.17, 15) is 51.0 Å². The van der Waals surface area contributed by atoms with Gasteiger partial charge in [0.2, 0.25) is 46.6 Å². The molecule has 506 valence electrons. The Hall–Kier alpha value is -4.26. The minimum Gasteiger partial charge on any atom is -0.481 e. The molecule has 0 aliphatic rings. The molecule has 0 bridgehead atoms. The zero-order valence-corrected chi connectivity index (χ0v) is 51.4. The van der Waals surface area contributed by atoms with E-state index in [1.807, 2.05) is 0 Å². The number of carbonyl (C=O) groups excluding carboxylic acids is 3.